The first kappa shape index (κ1) is 11.7. The van der Waals surface area contributed by atoms with Crippen molar-refractivity contribution >= 4 is 0 Å². The molecule has 1 saturated carbocycles. The Morgan fingerprint density at radius 1 is 1.06 bits per heavy atom. The first-order valence-corrected chi connectivity index (χ1v) is 6.45. The molecule has 1 fully saturated rings. The van der Waals surface area contributed by atoms with E-state index in [0.717, 1.165) is 13.0 Å². The van der Waals surface area contributed by atoms with Gasteiger partial charge in [0.1, 0.15) is 0 Å². The van der Waals surface area contributed by atoms with E-state index in [1.54, 1.807) is 0 Å². The van der Waals surface area contributed by atoms with Crippen LogP contribution in [0.2, 0.25) is 0 Å². The van der Waals surface area contributed by atoms with Crippen molar-refractivity contribution in [2.75, 3.05) is 6.54 Å². The van der Waals surface area contributed by atoms with Gasteiger partial charge in [-0.15, -0.1) is 0 Å². The van der Waals surface area contributed by atoms with Crippen LogP contribution in [0.1, 0.15) is 48.8 Å². The van der Waals surface area contributed by atoms with Crippen LogP contribution in [0, 0.1) is 13.8 Å². The van der Waals surface area contributed by atoms with E-state index >= 15 is 0 Å². The Balaban J connectivity index is 2.38. The fourth-order valence-electron chi connectivity index (χ4n) is 3.29. The van der Waals surface area contributed by atoms with Crippen LogP contribution in [-0.4, -0.2) is 6.54 Å². The molecule has 2 N–H and O–H groups in total. The van der Waals surface area contributed by atoms with Gasteiger partial charge in [0.05, 0.1) is 0 Å². The fourth-order valence-corrected chi connectivity index (χ4v) is 3.29. The van der Waals surface area contributed by atoms with Gasteiger partial charge < -0.3 is 5.73 Å². The third-order valence-corrected chi connectivity index (χ3v) is 4.02. The van der Waals surface area contributed by atoms with Crippen LogP contribution in [0.3, 0.4) is 0 Å². The summed E-state index contributed by atoms with van der Waals surface area (Å²) in [4.78, 5) is 0. The fraction of sp³-hybridized carbons (Fsp3) is 0.600. The van der Waals surface area contributed by atoms with Gasteiger partial charge in [-0.2, -0.15) is 0 Å². The summed E-state index contributed by atoms with van der Waals surface area (Å²) in [6.07, 6.45) is 6.54. The van der Waals surface area contributed by atoms with Gasteiger partial charge in [-0.05, 0) is 50.6 Å². The first-order valence-electron chi connectivity index (χ1n) is 6.45. The lowest BCUT2D eigenvalue weighted by Gasteiger charge is -2.30. The maximum Gasteiger partial charge on any atom is -0.00348 e. The molecule has 0 heterocycles. The molecular formula is C15H23N. The molecule has 0 aliphatic heterocycles. The minimum Gasteiger partial charge on any atom is -0.330 e. The minimum atomic E-state index is 0.394. The SMILES string of the molecule is Cc1cc(C)cc(C2(CCN)CCCC2)c1. The number of benzene rings is 1. The summed E-state index contributed by atoms with van der Waals surface area (Å²) >= 11 is 0. The molecule has 16 heavy (non-hydrogen) atoms. The average Bonchev–Trinajstić information content (AvgIpc) is 2.66. The molecule has 0 atom stereocenters. The molecule has 0 saturated heterocycles. The summed E-state index contributed by atoms with van der Waals surface area (Å²) in [6, 6.07) is 7.00. The number of hydrogen-bond acceptors (Lipinski definition) is 1. The number of aryl methyl sites for hydroxylation is 2. The number of rotatable bonds is 3. The topological polar surface area (TPSA) is 26.0 Å². The van der Waals surface area contributed by atoms with E-state index in [-0.39, 0.29) is 0 Å². The Hall–Kier alpha value is -0.820. The monoisotopic (exact) mass is 217 g/mol. The molecule has 1 nitrogen and oxygen atoms in total. The highest BCUT2D eigenvalue weighted by Gasteiger charge is 2.34. The lowest BCUT2D eigenvalue weighted by molar-refractivity contribution is 0.411. The maximum absolute atomic E-state index is 5.81. The van der Waals surface area contributed by atoms with Crippen LogP contribution in [-0.2, 0) is 5.41 Å². The van der Waals surface area contributed by atoms with E-state index < -0.39 is 0 Å². The minimum absolute atomic E-state index is 0.394. The van der Waals surface area contributed by atoms with Crippen molar-refractivity contribution in [2.45, 2.75) is 51.4 Å². The normalized spacial score (nSPS) is 18.9. The molecule has 88 valence electrons. The standard InChI is InChI=1S/C15H23N/c1-12-9-13(2)11-14(10-12)15(7-8-16)5-3-4-6-15/h9-11H,3-8,16H2,1-2H3. The Labute approximate surface area is 99.0 Å². The Kier molecular flexibility index (Phi) is 3.34. The van der Waals surface area contributed by atoms with Gasteiger partial charge in [0, 0.05) is 0 Å². The quantitative estimate of drug-likeness (QED) is 0.824. The zero-order chi connectivity index (χ0) is 11.6. The van der Waals surface area contributed by atoms with Gasteiger partial charge in [-0.3, -0.25) is 0 Å². The van der Waals surface area contributed by atoms with Crippen LogP contribution in [0.25, 0.3) is 0 Å². The van der Waals surface area contributed by atoms with Crippen molar-refractivity contribution in [3.05, 3.63) is 34.9 Å². The molecule has 1 aliphatic rings. The molecule has 0 amide bonds. The first-order chi connectivity index (χ1) is 7.66. The molecule has 0 spiro atoms. The lowest BCUT2D eigenvalue weighted by atomic mass is 9.75. The van der Waals surface area contributed by atoms with Gasteiger partial charge in [0.15, 0.2) is 0 Å². The van der Waals surface area contributed by atoms with Crippen molar-refractivity contribution in [3.8, 4) is 0 Å². The molecule has 0 unspecified atom stereocenters. The molecule has 2 rings (SSSR count). The second kappa shape index (κ2) is 4.58. The third-order valence-electron chi connectivity index (χ3n) is 4.02. The van der Waals surface area contributed by atoms with Crippen molar-refractivity contribution in [1.29, 1.82) is 0 Å². The van der Waals surface area contributed by atoms with Gasteiger partial charge >= 0.3 is 0 Å². The molecular weight excluding hydrogens is 194 g/mol. The van der Waals surface area contributed by atoms with Crippen molar-refractivity contribution in [3.63, 3.8) is 0 Å². The highest BCUT2D eigenvalue weighted by Crippen LogP contribution is 2.43. The summed E-state index contributed by atoms with van der Waals surface area (Å²) in [5.41, 5.74) is 10.5. The van der Waals surface area contributed by atoms with E-state index in [1.165, 1.54) is 42.4 Å². The largest absolute Gasteiger partial charge is 0.330 e. The van der Waals surface area contributed by atoms with Gasteiger partial charge in [0.25, 0.3) is 0 Å². The predicted molar refractivity (Wildman–Crippen MR) is 69.7 cm³/mol. The second-order valence-electron chi connectivity index (χ2n) is 5.40. The molecule has 0 aromatic heterocycles. The van der Waals surface area contributed by atoms with E-state index in [2.05, 4.69) is 32.0 Å². The highest BCUT2D eigenvalue weighted by atomic mass is 14.5. The maximum atomic E-state index is 5.81. The van der Waals surface area contributed by atoms with Crippen LogP contribution in [0.4, 0.5) is 0 Å². The summed E-state index contributed by atoms with van der Waals surface area (Å²) in [5, 5.41) is 0. The predicted octanol–water partition coefficient (Wildman–Crippen LogP) is 3.46. The average molecular weight is 217 g/mol. The molecule has 1 aromatic rings. The Morgan fingerprint density at radius 3 is 2.12 bits per heavy atom. The second-order valence-corrected chi connectivity index (χ2v) is 5.40. The van der Waals surface area contributed by atoms with Gasteiger partial charge in [-0.1, -0.05) is 42.2 Å². The summed E-state index contributed by atoms with van der Waals surface area (Å²) in [6.45, 7) is 5.20. The van der Waals surface area contributed by atoms with Crippen LogP contribution >= 0.6 is 0 Å². The number of nitrogens with two attached hydrogens (primary N) is 1. The smallest absolute Gasteiger partial charge is 0.00348 e. The van der Waals surface area contributed by atoms with E-state index in [4.69, 9.17) is 5.73 Å². The Morgan fingerprint density at radius 2 is 1.62 bits per heavy atom. The van der Waals surface area contributed by atoms with Crippen molar-refractivity contribution in [1.82, 2.24) is 0 Å². The van der Waals surface area contributed by atoms with E-state index in [0.29, 0.717) is 5.41 Å². The van der Waals surface area contributed by atoms with Crippen LogP contribution in [0.5, 0.6) is 0 Å². The van der Waals surface area contributed by atoms with Gasteiger partial charge in [-0.25, -0.2) is 0 Å². The zero-order valence-corrected chi connectivity index (χ0v) is 10.6. The van der Waals surface area contributed by atoms with Crippen molar-refractivity contribution in [2.24, 2.45) is 5.73 Å². The molecule has 0 bridgehead atoms. The van der Waals surface area contributed by atoms with Crippen LogP contribution < -0.4 is 5.73 Å². The molecule has 1 aliphatic carbocycles. The third kappa shape index (κ3) is 2.15. The molecule has 0 radical (unpaired) electrons. The van der Waals surface area contributed by atoms with Crippen molar-refractivity contribution < 1.29 is 0 Å². The Bertz CT molecular complexity index is 341. The highest BCUT2D eigenvalue weighted by molar-refractivity contribution is 5.34. The molecule has 1 heteroatoms. The summed E-state index contributed by atoms with van der Waals surface area (Å²) in [5.74, 6) is 0. The molecule has 1 aromatic carbocycles. The zero-order valence-electron chi connectivity index (χ0n) is 10.6. The summed E-state index contributed by atoms with van der Waals surface area (Å²) in [7, 11) is 0. The summed E-state index contributed by atoms with van der Waals surface area (Å²) < 4.78 is 0. The number of hydrogen-bond donors (Lipinski definition) is 1. The van der Waals surface area contributed by atoms with E-state index in [9.17, 15) is 0 Å². The van der Waals surface area contributed by atoms with E-state index in [1.807, 2.05) is 0 Å². The lowest BCUT2D eigenvalue weighted by Crippen LogP contribution is -2.26. The van der Waals surface area contributed by atoms with Crippen LogP contribution in [0.15, 0.2) is 18.2 Å². The van der Waals surface area contributed by atoms with Gasteiger partial charge in [0.2, 0.25) is 0 Å².